The summed E-state index contributed by atoms with van der Waals surface area (Å²) >= 11 is 0. The molecule has 3 aromatic rings. The lowest BCUT2D eigenvalue weighted by Gasteiger charge is -2.22. The summed E-state index contributed by atoms with van der Waals surface area (Å²) < 4.78 is 0. The summed E-state index contributed by atoms with van der Waals surface area (Å²) in [5, 5.41) is 22.8. The van der Waals surface area contributed by atoms with Crippen LogP contribution in [0.3, 0.4) is 0 Å². The molecule has 1 heterocycles. The Hall–Kier alpha value is -2.73. The van der Waals surface area contributed by atoms with Crippen LogP contribution in [0.2, 0.25) is 0 Å². The monoisotopic (exact) mass is 379 g/mol. The topological polar surface area (TPSA) is 67.1 Å². The molecule has 0 radical (unpaired) electrons. The van der Waals surface area contributed by atoms with Crippen LogP contribution in [-0.4, -0.2) is 43.3 Å². The molecule has 0 saturated carbocycles. The van der Waals surface area contributed by atoms with Crippen molar-refractivity contribution in [2.45, 2.75) is 45.7 Å². The van der Waals surface area contributed by atoms with Crippen molar-refractivity contribution in [1.29, 1.82) is 0 Å². The molecule has 28 heavy (non-hydrogen) atoms. The number of aromatic nitrogens is 4. The Kier molecular flexibility index (Phi) is 7.55. The average molecular weight is 380 g/mol. The Bertz CT molecular complexity index is 834. The van der Waals surface area contributed by atoms with E-state index in [2.05, 4.69) is 27.2 Å². The van der Waals surface area contributed by atoms with Crippen LogP contribution in [-0.2, 0) is 13.1 Å². The molecule has 148 valence electrons. The zero-order valence-electron chi connectivity index (χ0n) is 16.5. The molecule has 2 aromatic carbocycles. The molecule has 0 fully saturated rings. The van der Waals surface area contributed by atoms with Gasteiger partial charge in [-0.2, -0.15) is 4.80 Å². The minimum absolute atomic E-state index is 0.384. The van der Waals surface area contributed by atoms with E-state index in [1.54, 1.807) is 10.9 Å². The Balaban J connectivity index is 1.40. The van der Waals surface area contributed by atoms with Crippen molar-refractivity contribution in [2.24, 2.45) is 0 Å². The van der Waals surface area contributed by atoms with Crippen LogP contribution in [0.15, 0.2) is 54.6 Å². The molecule has 0 aliphatic rings. The minimum atomic E-state index is 0.384. The summed E-state index contributed by atoms with van der Waals surface area (Å²) in [6.45, 7) is 5.85. The molecule has 0 amide bonds. The van der Waals surface area contributed by atoms with Gasteiger partial charge < -0.3 is 5.11 Å². The third kappa shape index (κ3) is 5.89. The van der Waals surface area contributed by atoms with Gasteiger partial charge in [0.05, 0.1) is 6.54 Å². The first kappa shape index (κ1) is 20.0. The summed E-state index contributed by atoms with van der Waals surface area (Å²) in [5.41, 5.74) is 1.99. The number of aryl methyl sites for hydroxylation is 1. The van der Waals surface area contributed by atoms with Crippen LogP contribution in [0, 0.1) is 0 Å². The van der Waals surface area contributed by atoms with E-state index in [0.29, 0.717) is 11.6 Å². The van der Waals surface area contributed by atoms with E-state index < -0.39 is 0 Å². The van der Waals surface area contributed by atoms with Crippen LogP contribution >= 0.6 is 0 Å². The zero-order chi connectivity index (χ0) is 19.6. The van der Waals surface area contributed by atoms with Gasteiger partial charge >= 0.3 is 0 Å². The maximum absolute atomic E-state index is 10.00. The first-order valence-corrected chi connectivity index (χ1v) is 10.1. The summed E-state index contributed by atoms with van der Waals surface area (Å²) in [6.07, 6.45) is 4.37. The molecule has 0 aliphatic heterocycles. The van der Waals surface area contributed by atoms with Gasteiger partial charge in [-0.15, -0.1) is 10.2 Å². The van der Waals surface area contributed by atoms with Gasteiger partial charge in [-0.05, 0) is 43.6 Å². The normalized spacial score (nSPS) is 11.2. The molecular formula is C22H29N5O. The molecule has 3 rings (SSSR count). The Morgan fingerprint density at radius 1 is 0.929 bits per heavy atom. The Labute approximate surface area is 166 Å². The molecule has 0 bridgehead atoms. The first-order chi connectivity index (χ1) is 13.8. The van der Waals surface area contributed by atoms with Crippen molar-refractivity contribution in [3.05, 3.63) is 60.2 Å². The number of phenolic OH excluding ortho intramolecular Hbond substituents is 1. The van der Waals surface area contributed by atoms with Crippen LogP contribution in [0.5, 0.6) is 5.75 Å². The number of phenols is 1. The van der Waals surface area contributed by atoms with Crippen LogP contribution in [0.1, 0.15) is 38.2 Å². The van der Waals surface area contributed by atoms with Gasteiger partial charge in [0.1, 0.15) is 5.75 Å². The highest BCUT2D eigenvalue weighted by molar-refractivity contribution is 5.52. The molecule has 0 atom stereocenters. The third-order valence-corrected chi connectivity index (χ3v) is 4.74. The van der Waals surface area contributed by atoms with Gasteiger partial charge in [0.15, 0.2) is 0 Å². The van der Waals surface area contributed by atoms with E-state index in [-0.39, 0.29) is 0 Å². The van der Waals surface area contributed by atoms with Crippen molar-refractivity contribution >= 4 is 0 Å². The van der Waals surface area contributed by atoms with Crippen molar-refractivity contribution in [2.75, 3.05) is 13.1 Å². The van der Waals surface area contributed by atoms with E-state index in [4.69, 9.17) is 0 Å². The largest absolute Gasteiger partial charge is 0.508 e. The summed E-state index contributed by atoms with van der Waals surface area (Å²) in [7, 11) is 0. The second-order valence-corrected chi connectivity index (χ2v) is 7.04. The SMILES string of the molecule is CCCN(CCCCCn1nnc(-c2ccccc2)n1)Cc1ccccc1O. The third-order valence-electron chi connectivity index (χ3n) is 4.74. The van der Waals surface area contributed by atoms with Crippen molar-refractivity contribution < 1.29 is 5.11 Å². The molecule has 1 aromatic heterocycles. The number of para-hydroxylation sites is 1. The van der Waals surface area contributed by atoms with Crippen molar-refractivity contribution in [1.82, 2.24) is 25.1 Å². The van der Waals surface area contributed by atoms with Gasteiger partial charge in [-0.1, -0.05) is 61.9 Å². The number of hydrogen-bond donors (Lipinski definition) is 1. The predicted octanol–water partition coefficient (Wildman–Crippen LogP) is 4.13. The number of benzene rings is 2. The van der Waals surface area contributed by atoms with Gasteiger partial charge in [0.2, 0.25) is 5.82 Å². The number of nitrogens with zero attached hydrogens (tertiary/aromatic N) is 5. The van der Waals surface area contributed by atoms with Gasteiger partial charge in [-0.25, -0.2) is 0 Å². The molecule has 6 nitrogen and oxygen atoms in total. The number of unbranched alkanes of at least 4 members (excludes halogenated alkanes) is 2. The second-order valence-electron chi connectivity index (χ2n) is 7.04. The zero-order valence-corrected chi connectivity index (χ0v) is 16.5. The fraction of sp³-hybridized carbons (Fsp3) is 0.409. The number of hydrogen-bond acceptors (Lipinski definition) is 5. The highest BCUT2D eigenvalue weighted by atomic mass is 16.3. The van der Waals surface area contributed by atoms with Gasteiger partial charge in [0, 0.05) is 17.7 Å². The smallest absolute Gasteiger partial charge is 0.204 e. The maximum Gasteiger partial charge on any atom is 0.204 e. The maximum atomic E-state index is 10.00. The number of rotatable bonds is 11. The van der Waals surface area contributed by atoms with Crippen molar-refractivity contribution in [3.63, 3.8) is 0 Å². The summed E-state index contributed by atoms with van der Waals surface area (Å²) in [4.78, 5) is 4.10. The lowest BCUT2D eigenvalue weighted by molar-refractivity contribution is 0.255. The number of tetrazole rings is 1. The second kappa shape index (κ2) is 10.6. The van der Waals surface area contributed by atoms with E-state index in [9.17, 15) is 5.11 Å². The summed E-state index contributed by atoms with van der Waals surface area (Å²) in [5.74, 6) is 1.06. The highest BCUT2D eigenvalue weighted by Crippen LogP contribution is 2.18. The average Bonchev–Trinajstić information content (AvgIpc) is 3.19. The van der Waals surface area contributed by atoms with Crippen LogP contribution in [0.4, 0.5) is 0 Å². The predicted molar refractivity (Wildman–Crippen MR) is 111 cm³/mol. The Morgan fingerprint density at radius 2 is 1.71 bits per heavy atom. The van der Waals surface area contributed by atoms with E-state index in [1.807, 2.05) is 48.5 Å². The van der Waals surface area contributed by atoms with Crippen molar-refractivity contribution in [3.8, 4) is 17.1 Å². The van der Waals surface area contributed by atoms with Gasteiger partial charge in [-0.3, -0.25) is 4.90 Å². The minimum Gasteiger partial charge on any atom is -0.508 e. The molecule has 0 spiro atoms. The first-order valence-electron chi connectivity index (χ1n) is 10.1. The lowest BCUT2D eigenvalue weighted by Crippen LogP contribution is -2.25. The highest BCUT2D eigenvalue weighted by Gasteiger charge is 2.08. The molecule has 0 unspecified atom stereocenters. The van der Waals surface area contributed by atoms with E-state index in [0.717, 1.165) is 63.0 Å². The molecule has 6 heteroatoms. The number of aromatic hydroxyl groups is 1. The standard InChI is InChI=1S/C22H29N5O/c1-2-15-26(18-20-13-7-8-14-21(20)28)16-9-4-10-17-27-24-22(23-25-27)19-11-5-3-6-12-19/h3,5-8,11-14,28H,2,4,9-10,15-18H2,1H3. The fourth-order valence-corrected chi connectivity index (χ4v) is 3.28. The molecular weight excluding hydrogens is 350 g/mol. The van der Waals surface area contributed by atoms with Crippen LogP contribution < -0.4 is 0 Å². The molecule has 1 N–H and O–H groups in total. The Morgan fingerprint density at radius 3 is 2.50 bits per heavy atom. The molecule has 0 saturated heterocycles. The van der Waals surface area contributed by atoms with E-state index >= 15 is 0 Å². The molecule has 0 aliphatic carbocycles. The fourth-order valence-electron chi connectivity index (χ4n) is 3.28. The van der Waals surface area contributed by atoms with Crippen LogP contribution in [0.25, 0.3) is 11.4 Å². The van der Waals surface area contributed by atoms with Gasteiger partial charge in [0.25, 0.3) is 0 Å². The summed E-state index contributed by atoms with van der Waals surface area (Å²) in [6, 6.07) is 17.5. The quantitative estimate of drug-likeness (QED) is 0.508. The van der Waals surface area contributed by atoms with E-state index in [1.165, 1.54) is 0 Å². The lowest BCUT2D eigenvalue weighted by atomic mass is 10.1.